The second-order valence-corrected chi connectivity index (χ2v) is 4.69. The molecule has 1 aliphatic rings. The van der Waals surface area contributed by atoms with Crippen LogP contribution in [-0.2, 0) is 9.47 Å². The molecule has 0 spiro atoms. The van der Waals surface area contributed by atoms with Crippen molar-refractivity contribution in [3.63, 3.8) is 0 Å². The minimum absolute atomic E-state index is 0.0277. The Morgan fingerprint density at radius 3 is 2.40 bits per heavy atom. The van der Waals surface area contributed by atoms with Crippen LogP contribution in [0.15, 0.2) is 24.3 Å². The third kappa shape index (κ3) is 2.17. The third-order valence-corrected chi connectivity index (χ3v) is 2.86. The molecule has 0 bridgehead atoms. The van der Waals surface area contributed by atoms with E-state index in [0.29, 0.717) is 0 Å². The van der Waals surface area contributed by atoms with E-state index in [2.05, 4.69) is 0 Å². The molecule has 2 rings (SSSR count). The van der Waals surface area contributed by atoms with E-state index < -0.39 is 5.79 Å². The molecule has 1 aromatic rings. The molecule has 1 aliphatic heterocycles. The van der Waals surface area contributed by atoms with E-state index in [1.807, 2.05) is 45.0 Å². The SMILES string of the molecule is C[C@@H]1OC(C)(C)O[C@H]1c1ccccc1Cl. The largest absolute Gasteiger partial charge is 0.344 e. The molecule has 0 N–H and O–H groups in total. The zero-order valence-corrected chi connectivity index (χ0v) is 9.91. The standard InChI is InChI=1S/C12H15ClO2/c1-8-11(15-12(2,3)14-8)9-6-4-5-7-10(9)13/h4-8,11H,1-3H3/t8-,11+/m0/s1. The normalized spacial score (nSPS) is 29.3. The van der Waals surface area contributed by atoms with Gasteiger partial charge in [0.25, 0.3) is 0 Å². The number of hydrogen-bond acceptors (Lipinski definition) is 2. The molecule has 0 amide bonds. The number of hydrogen-bond donors (Lipinski definition) is 0. The molecule has 0 aliphatic carbocycles. The van der Waals surface area contributed by atoms with Gasteiger partial charge in [0, 0.05) is 10.6 Å². The molecule has 0 radical (unpaired) electrons. The molecule has 1 aromatic carbocycles. The molecule has 1 heterocycles. The molecule has 0 unspecified atom stereocenters. The van der Waals surface area contributed by atoms with E-state index in [1.54, 1.807) is 0 Å². The van der Waals surface area contributed by atoms with E-state index in [-0.39, 0.29) is 12.2 Å². The second kappa shape index (κ2) is 3.78. The Kier molecular flexibility index (Phi) is 2.75. The van der Waals surface area contributed by atoms with Crippen molar-refractivity contribution in [1.29, 1.82) is 0 Å². The maximum atomic E-state index is 6.13. The summed E-state index contributed by atoms with van der Waals surface area (Å²) in [5, 5.41) is 0.732. The van der Waals surface area contributed by atoms with Gasteiger partial charge in [0.1, 0.15) is 6.10 Å². The van der Waals surface area contributed by atoms with E-state index in [0.717, 1.165) is 10.6 Å². The molecule has 2 atom stereocenters. The Balaban J connectivity index is 2.29. The van der Waals surface area contributed by atoms with Crippen LogP contribution in [0.2, 0.25) is 5.02 Å². The quantitative estimate of drug-likeness (QED) is 0.729. The van der Waals surface area contributed by atoms with Gasteiger partial charge in [-0.3, -0.25) is 0 Å². The van der Waals surface area contributed by atoms with Crippen molar-refractivity contribution in [1.82, 2.24) is 0 Å². The molecule has 15 heavy (non-hydrogen) atoms. The monoisotopic (exact) mass is 226 g/mol. The van der Waals surface area contributed by atoms with Gasteiger partial charge in [-0.25, -0.2) is 0 Å². The topological polar surface area (TPSA) is 18.5 Å². The average Bonchev–Trinajstić information content (AvgIpc) is 2.40. The van der Waals surface area contributed by atoms with E-state index in [1.165, 1.54) is 0 Å². The fourth-order valence-corrected chi connectivity index (χ4v) is 2.20. The van der Waals surface area contributed by atoms with E-state index >= 15 is 0 Å². The van der Waals surface area contributed by atoms with Crippen LogP contribution in [0.25, 0.3) is 0 Å². The molecular formula is C12H15ClO2. The lowest BCUT2D eigenvalue weighted by molar-refractivity contribution is -0.145. The van der Waals surface area contributed by atoms with Crippen LogP contribution in [0.3, 0.4) is 0 Å². The number of rotatable bonds is 1. The van der Waals surface area contributed by atoms with Gasteiger partial charge in [-0.1, -0.05) is 29.8 Å². The molecular weight excluding hydrogens is 212 g/mol. The number of benzene rings is 1. The highest BCUT2D eigenvalue weighted by Gasteiger charge is 2.40. The molecule has 1 saturated heterocycles. The summed E-state index contributed by atoms with van der Waals surface area (Å²) < 4.78 is 11.5. The molecule has 0 saturated carbocycles. The van der Waals surface area contributed by atoms with Crippen LogP contribution < -0.4 is 0 Å². The van der Waals surface area contributed by atoms with Crippen molar-refractivity contribution in [3.05, 3.63) is 34.9 Å². The predicted molar refractivity (Wildman–Crippen MR) is 59.9 cm³/mol. The predicted octanol–water partition coefficient (Wildman–Crippen LogP) is 3.55. The van der Waals surface area contributed by atoms with Gasteiger partial charge in [-0.05, 0) is 26.8 Å². The highest BCUT2D eigenvalue weighted by atomic mass is 35.5. The summed E-state index contributed by atoms with van der Waals surface area (Å²) >= 11 is 6.13. The van der Waals surface area contributed by atoms with Gasteiger partial charge in [0.15, 0.2) is 5.79 Å². The number of ether oxygens (including phenoxy) is 2. The first-order valence-corrected chi connectivity index (χ1v) is 5.47. The zero-order valence-electron chi connectivity index (χ0n) is 9.16. The Morgan fingerprint density at radius 2 is 1.87 bits per heavy atom. The highest BCUT2D eigenvalue weighted by molar-refractivity contribution is 6.31. The summed E-state index contributed by atoms with van der Waals surface area (Å²) in [6.45, 7) is 5.84. The fraction of sp³-hybridized carbons (Fsp3) is 0.500. The van der Waals surface area contributed by atoms with Crippen LogP contribution in [0.1, 0.15) is 32.4 Å². The van der Waals surface area contributed by atoms with Gasteiger partial charge < -0.3 is 9.47 Å². The summed E-state index contributed by atoms with van der Waals surface area (Å²) in [6, 6.07) is 7.73. The maximum Gasteiger partial charge on any atom is 0.164 e. The first-order valence-electron chi connectivity index (χ1n) is 5.10. The van der Waals surface area contributed by atoms with Gasteiger partial charge in [0.05, 0.1) is 6.10 Å². The third-order valence-electron chi connectivity index (χ3n) is 2.52. The van der Waals surface area contributed by atoms with Crippen molar-refractivity contribution in [3.8, 4) is 0 Å². The van der Waals surface area contributed by atoms with Crippen molar-refractivity contribution in [2.24, 2.45) is 0 Å². The maximum absolute atomic E-state index is 6.13. The van der Waals surface area contributed by atoms with Crippen LogP contribution >= 0.6 is 11.6 Å². The smallest absolute Gasteiger partial charge is 0.164 e. The van der Waals surface area contributed by atoms with Crippen LogP contribution in [-0.4, -0.2) is 11.9 Å². The van der Waals surface area contributed by atoms with E-state index in [4.69, 9.17) is 21.1 Å². The fourth-order valence-electron chi connectivity index (χ4n) is 1.96. The van der Waals surface area contributed by atoms with Crippen LogP contribution in [0.4, 0.5) is 0 Å². The van der Waals surface area contributed by atoms with Crippen LogP contribution in [0, 0.1) is 0 Å². The number of halogens is 1. The van der Waals surface area contributed by atoms with Crippen molar-refractivity contribution < 1.29 is 9.47 Å². The molecule has 82 valence electrons. The van der Waals surface area contributed by atoms with Gasteiger partial charge >= 0.3 is 0 Å². The average molecular weight is 227 g/mol. The summed E-state index contributed by atoms with van der Waals surface area (Å²) in [6.07, 6.45) is -0.0476. The molecule has 0 aromatic heterocycles. The van der Waals surface area contributed by atoms with Crippen molar-refractivity contribution >= 4 is 11.6 Å². The molecule has 3 heteroatoms. The first kappa shape index (κ1) is 10.9. The summed E-state index contributed by atoms with van der Waals surface area (Å²) in [5.41, 5.74) is 0.997. The Hall–Kier alpha value is -0.570. The highest BCUT2D eigenvalue weighted by Crippen LogP contribution is 2.40. The molecule has 1 fully saturated rings. The van der Waals surface area contributed by atoms with E-state index in [9.17, 15) is 0 Å². The Morgan fingerprint density at radius 1 is 1.20 bits per heavy atom. The van der Waals surface area contributed by atoms with Gasteiger partial charge in [0.2, 0.25) is 0 Å². The first-order chi connectivity index (χ1) is 6.99. The van der Waals surface area contributed by atoms with Crippen molar-refractivity contribution in [2.75, 3.05) is 0 Å². The zero-order chi connectivity index (χ0) is 11.1. The van der Waals surface area contributed by atoms with Gasteiger partial charge in [-0.2, -0.15) is 0 Å². The minimum atomic E-state index is -0.525. The summed E-state index contributed by atoms with van der Waals surface area (Å²) in [4.78, 5) is 0. The minimum Gasteiger partial charge on any atom is -0.344 e. The lowest BCUT2D eigenvalue weighted by Gasteiger charge is -2.17. The van der Waals surface area contributed by atoms with Crippen LogP contribution in [0.5, 0.6) is 0 Å². The lowest BCUT2D eigenvalue weighted by atomic mass is 10.1. The van der Waals surface area contributed by atoms with Gasteiger partial charge in [-0.15, -0.1) is 0 Å². The lowest BCUT2D eigenvalue weighted by Crippen LogP contribution is -2.20. The summed E-state index contributed by atoms with van der Waals surface area (Å²) in [7, 11) is 0. The Labute approximate surface area is 95.1 Å². The Bertz CT molecular complexity index is 362. The summed E-state index contributed by atoms with van der Waals surface area (Å²) in [5.74, 6) is -0.525. The molecule has 2 nitrogen and oxygen atoms in total. The second-order valence-electron chi connectivity index (χ2n) is 4.28. The van der Waals surface area contributed by atoms with Crippen molar-refractivity contribution in [2.45, 2.75) is 38.8 Å².